The van der Waals surface area contributed by atoms with Gasteiger partial charge in [-0.3, -0.25) is 9.59 Å². The quantitative estimate of drug-likeness (QED) is 0.437. The summed E-state index contributed by atoms with van der Waals surface area (Å²) in [6.07, 6.45) is 1.34. The molecule has 1 aliphatic heterocycles. The summed E-state index contributed by atoms with van der Waals surface area (Å²) in [4.78, 5) is 34.0. The van der Waals surface area contributed by atoms with E-state index in [9.17, 15) is 14.9 Å². The number of rotatable bonds is 2. The summed E-state index contributed by atoms with van der Waals surface area (Å²) in [6, 6.07) is 11.4. The van der Waals surface area contributed by atoms with Crippen LogP contribution in [0.25, 0.3) is 16.8 Å². The molecule has 4 rings (SSSR count). The Morgan fingerprint density at radius 2 is 1.82 bits per heavy atom. The van der Waals surface area contributed by atoms with E-state index in [2.05, 4.69) is 16.2 Å². The molecule has 3 aromatic rings. The topological polar surface area (TPSA) is 121 Å². The van der Waals surface area contributed by atoms with Crippen LogP contribution in [-0.4, -0.2) is 78.9 Å². The average Bonchev–Trinajstić information content (AvgIpc) is 3.12. The molecule has 2 N–H and O–H groups in total. The Hall–Kier alpha value is -3.67. The van der Waals surface area contributed by atoms with Crippen LogP contribution in [0, 0.1) is 11.3 Å². The zero-order valence-electron chi connectivity index (χ0n) is 20.5. The second-order valence-electron chi connectivity index (χ2n) is 10.2. The highest BCUT2D eigenvalue weighted by atomic mass is 16.2. The number of carbonyl (C=O) groups excluding carboxylic acids is 2. The standard InChI is InChI=1S/C21H25B4N7O2/c1-11(33)32-19(2,3)18(34)30(20(22,23)21(32,24)25)14-6-4-5-12(7-14)15-8-13(9-26)16-17(27)28-10-29-31(15)16/h4-8,10H,22-25H2,1-3H3,(H2,27,28,29). The summed E-state index contributed by atoms with van der Waals surface area (Å²) in [5.41, 5.74) is 7.89. The molecule has 168 valence electrons. The number of hydrogen-bond donors (Lipinski definition) is 1. The van der Waals surface area contributed by atoms with Crippen molar-refractivity contribution in [3.05, 3.63) is 42.2 Å². The molecule has 1 aromatic carbocycles. The molecule has 3 heterocycles. The zero-order valence-corrected chi connectivity index (χ0v) is 20.5. The van der Waals surface area contributed by atoms with E-state index in [1.165, 1.54) is 13.3 Å². The molecule has 13 heteroatoms. The molecule has 0 aliphatic carbocycles. The predicted molar refractivity (Wildman–Crippen MR) is 141 cm³/mol. The van der Waals surface area contributed by atoms with E-state index in [4.69, 9.17) is 5.73 Å². The number of fused-ring (bicyclic) bond motifs is 1. The van der Waals surface area contributed by atoms with Crippen LogP contribution in [0.2, 0.25) is 0 Å². The van der Waals surface area contributed by atoms with Gasteiger partial charge >= 0.3 is 0 Å². The van der Waals surface area contributed by atoms with E-state index in [0.29, 0.717) is 22.5 Å². The molecule has 1 saturated heterocycles. The summed E-state index contributed by atoms with van der Waals surface area (Å²) in [5, 5.41) is 12.5. The van der Waals surface area contributed by atoms with E-state index in [0.717, 1.165) is 5.56 Å². The van der Waals surface area contributed by atoms with E-state index in [1.807, 2.05) is 55.7 Å². The van der Waals surface area contributed by atoms with Gasteiger partial charge in [0, 0.05) is 18.2 Å². The fourth-order valence-electron chi connectivity index (χ4n) is 5.26. The first-order valence-corrected chi connectivity index (χ1v) is 11.0. The number of nitrogens with two attached hydrogens (primary N) is 1. The fraction of sp³-hybridized carbons (Fsp3) is 0.286. The minimum Gasteiger partial charge on any atom is -0.382 e. The van der Waals surface area contributed by atoms with Crippen molar-refractivity contribution in [1.82, 2.24) is 19.5 Å². The number of anilines is 2. The molecular formula is C21H25B4N7O2. The van der Waals surface area contributed by atoms with Gasteiger partial charge in [-0.15, -0.1) is 0 Å². The van der Waals surface area contributed by atoms with Gasteiger partial charge in [-0.2, -0.15) is 10.4 Å². The fourth-order valence-corrected chi connectivity index (χ4v) is 5.26. The van der Waals surface area contributed by atoms with Crippen LogP contribution in [0.1, 0.15) is 26.3 Å². The van der Waals surface area contributed by atoms with Crippen LogP contribution in [0.15, 0.2) is 36.7 Å². The molecule has 0 spiro atoms. The van der Waals surface area contributed by atoms with Gasteiger partial charge in [0.15, 0.2) is 5.82 Å². The highest BCUT2D eigenvalue weighted by molar-refractivity contribution is 6.58. The zero-order chi connectivity index (χ0) is 25.2. The summed E-state index contributed by atoms with van der Waals surface area (Å²) in [6.45, 7) is 5.06. The predicted octanol–water partition coefficient (Wildman–Crippen LogP) is -2.34. The Morgan fingerprint density at radius 3 is 2.44 bits per heavy atom. The normalized spacial score (nSPS) is 18.6. The van der Waals surface area contributed by atoms with Crippen LogP contribution >= 0.6 is 0 Å². The molecule has 1 fully saturated rings. The third-order valence-electron chi connectivity index (χ3n) is 7.32. The van der Waals surface area contributed by atoms with Crippen LogP contribution < -0.4 is 10.6 Å². The number of nitrogen functional groups attached to an aromatic ring is 1. The second kappa shape index (κ2) is 7.42. The highest BCUT2D eigenvalue weighted by Gasteiger charge is 2.60. The van der Waals surface area contributed by atoms with Gasteiger partial charge in [0.1, 0.15) is 54.8 Å². The van der Waals surface area contributed by atoms with Gasteiger partial charge in [-0.05, 0) is 42.7 Å². The molecular weight excluding hydrogens is 426 g/mol. The number of benzene rings is 1. The first kappa shape index (κ1) is 23.5. The van der Waals surface area contributed by atoms with E-state index < -0.39 is 16.2 Å². The largest absolute Gasteiger partial charge is 0.382 e. The highest BCUT2D eigenvalue weighted by Crippen LogP contribution is 2.42. The van der Waals surface area contributed by atoms with E-state index in [1.54, 1.807) is 34.2 Å². The third kappa shape index (κ3) is 3.05. The number of carbonyl (C=O) groups is 2. The van der Waals surface area contributed by atoms with Crippen molar-refractivity contribution < 1.29 is 9.59 Å². The van der Waals surface area contributed by atoms with Crippen molar-refractivity contribution in [3.63, 3.8) is 0 Å². The number of piperazine rings is 1. The first-order valence-electron chi connectivity index (χ1n) is 11.0. The van der Waals surface area contributed by atoms with Crippen molar-refractivity contribution in [2.24, 2.45) is 0 Å². The van der Waals surface area contributed by atoms with E-state index in [-0.39, 0.29) is 17.6 Å². The molecule has 0 unspecified atom stereocenters. The molecule has 2 amide bonds. The van der Waals surface area contributed by atoms with Crippen molar-refractivity contribution in [1.29, 1.82) is 5.26 Å². The molecule has 2 aromatic heterocycles. The van der Waals surface area contributed by atoms with Gasteiger partial charge in [0.25, 0.3) is 5.91 Å². The second-order valence-corrected chi connectivity index (χ2v) is 10.2. The lowest BCUT2D eigenvalue weighted by atomic mass is 9.35. The van der Waals surface area contributed by atoms with Gasteiger partial charge in [-0.1, -0.05) is 12.1 Å². The molecule has 1 aliphatic rings. The molecule has 34 heavy (non-hydrogen) atoms. The Labute approximate surface area is 201 Å². The molecule has 0 bridgehead atoms. The Bertz CT molecular complexity index is 1390. The molecule has 0 saturated carbocycles. The average molecular weight is 451 g/mol. The Balaban J connectivity index is 1.91. The third-order valence-corrected chi connectivity index (χ3v) is 7.32. The van der Waals surface area contributed by atoms with Crippen LogP contribution in [0.3, 0.4) is 0 Å². The smallest absolute Gasteiger partial charge is 0.251 e. The van der Waals surface area contributed by atoms with E-state index >= 15 is 0 Å². The lowest BCUT2D eigenvalue weighted by molar-refractivity contribution is -0.150. The molecule has 0 atom stereocenters. The van der Waals surface area contributed by atoms with Gasteiger partial charge in [0.05, 0.1) is 11.3 Å². The summed E-state index contributed by atoms with van der Waals surface area (Å²) in [5.74, 6) is -0.103. The Morgan fingerprint density at radius 1 is 1.15 bits per heavy atom. The first-order chi connectivity index (χ1) is 15.8. The lowest BCUT2D eigenvalue weighted by Crippen LogP contribution is -2.85. The van der Waals surface area contributed by atoms with Crippen molar-refractivity contribution in [2.45, 2.75) is 37.0 Å². The SMILES string of the molecule is BC1(B)N(c2cccc(-c3cc(C#N)c4c(N)ncnn34)c2)C(=O)C(C)(C)N(C(C)=O)C1(B)B. The maximum Gasteiger partial charge on any atom is 0.251 e. The number of nitriles is 1. The summed E-state index contributed by atoms with van der Waals surface area (Å²) in [7, 11) is 7.91. The van der Waals surface area contributed by atoms with Crippen molar-refractivity contribution in [3.8, 4) is 17.3 Å². The van der Waals surface area contributed by atoms with Gasteiger partial charge < -0.3 is 15.5 Å². The number of nitrogens with zero attached hydrogens (tertiary/aromatic N) is 6. The minimum atomic E-state index is -1.04. The van der Waals surface area contributed by atoms with Crippen LogP contribution in [-0.2, 0) is 9.59 Å². The van der Waals surface area contributed by atoms with Crippen molar-refractivity contribution >= 4 is 60.2 Å². The van der Waals surface area contributed by atoms with Crippen molar-refractivity contribution in [2.75, 3.05) is 10.6 Å². The summed E-state index contributed by atoms with van der Waals surface area (Å²) < 4.78 is 1.59. The number of hydrogen-bond acceptors (Lipinski definition) is 6. The number of aromatic nitrogens is 3. The Kier molecular flexibility index (Phi) is 5.12. The molecule has 9 nitrogen and oxygen atoms in total. The minimum absolute atomic E-state index is 0.147. The van der Waals surface area contributed by atoms with Gasteiger partial charge in [0.2, 0.25) is 5.91 Å². The maximum absolute atomic E-state index is 13.9. The lowest BCUT2D eigenvalue weighted by Gasteiger charge is -2.64. The monoisotopic (exact) mass is 451 g/mol. The number of amides is 2. The van der Waals surface area contributed by atoms with Gasteiger partial charge in [-0.25, -0.2) is 9.50 Å². The summed E-state index contributed by atoms with van der Waals surface area (Å²) >= 11 is 0. The van der Waals surface area contributed by atoms with Crippen LogP contribution in [0.5, 0.6) is 0 Å². The maximum atomic E-state index is 13.9. The molecule has 0 radical (unpaired) electrons. The van der Waals surface area contributed by atoms with Crippen LogP contribution in [0.4, 0.5) is 11.5 Å².